The van der Waals surface area contributed by atoms with Crippen molar-refractivity contribution in [2.24, 2.45) is 5.92 Å². The summed E-state index contributed by atoms with van der Waals surface area (Å²) >= 11 is 0. The van der Waals surface area contributed by atoms with E-state index >= 15 is 0 Å². The molecule has 8 heteroatoms. The van der Waals surface area contributed by atoms with Gasteiger partial charge in [-0.25, -0.2) is 8.42 Å². The van der Waals surface area contributed by atoms with Crippen molar-refractivity contribution in [3.63, 3.8) is 0 Å². The van der Waals surface area contributed by atoms with Gasteiger partial charge in [0.15, 0.2) is 0 Å². The highest BCUT2D eigenvalue weighted by atomic mass is 32.2. The summed E-state index contributed by atoms with van der Waals surface area (Å²) in [5, 5.41) is 12.5. The van der Waals surface area contributed by atoms with Gasteiger partial charge >= 0.3 is 0 Å². The number of anilines is 1. The minimum atomic E-state index is -3.52. The van der Waals surface area contributed by atoms with E-state index in [0.717, 1.165) is 55.5 Å². The van der Waals surface area contributed by atoms with E-state index in [4.69, 9.17) is 0 Å². The number of hydrogen-bond acceptors (Lipinski definition) is 6. The van der Waals surface area contributed by atoms with Crippen LogP contribution in [-0.4, -0.2) is 78.7 Å². The lowest BCUT2D eigenvalue weighted by Gasteiger charge is -2.31. The Morgan fingerprint density at radius 3 is 2.31 bits per heavy atom. The van der Waals surface area contributed by atoms with Crippen molar-refractivity contribution in [2.45, 2.75) is 49.5 Å². The molecule has 1 atom stereocenters. The molecule has 4 rings (SSSR count). The molecular formula is C27H43N5O2S. The third-order valence-electron chi connectivity index (χ3n) is 7.48. The molecule has 2 aromatic rings. The third-order valence-corrected chi connectivity index (χ3v) is 9.43. The first kappa shape index (κ1) is 26.4. The van der Waals surface area contributed by atoms with Crippen LogP contribution in [0.1, 0.15) is 38.5 Å². The molecule has 2 saturated heterocycles. The second kappa shape index (κ2) is 12.5. The molecule has 3 N–H and O–H groups in total. The number of hydrogen-bond donors (Lipinski definition) is 3. The predicted octanol–water partition coefficient (Wildman–Crippen LogP) is 3.02. The summed E-state index contributed by atoms with van der Waals surface area (Å²) in [5.41, 5.74) is 1.03. The van der Waals surface area contributed by atoms with E-state index in [0.29, 0.717) is 29.9 Å². The summed E-state index contributed by atoms with van der Waals surface area (Å²) in [4.78, 5) is 2.45. The van der Waals surface area contributed by atoms with Crippen molar-refractivity contribution in [3.05, 3.63) is 36.4 Å². The van der Waals surface area contributed by atoms with Crippen molar-refractivity contribution in [3.8, 4) is 0 Å². The maximum atomic E-state index is 13.5. The molecular weight excluding hydrogens is 458 g/mol. The maximum Gasteiger partial charge on any atom is 0.243 e. The van der Waals surface area contributed by atoms with Gasteiger partial charge in [-0.15, -0.1) is 0 Å². The number of nitrogens with zero attached hydrogens (tertiary/aromatic N) is 2. The lowest BCUT2D eigenvalue weighted by molar-refractivity contribution is 0.267. The lowest BCUT2D eigenvalue weighted by Crippen LogP contribution is -2.41. The quantitative estimate of drug-likeness (QED) is 0.388. The van der Waals surface area contributed by atoms with Crippen molar-refractivity contribution >= 4 is 26.5 Å². The number of sulfonamides is 1. The molecule has 2 heterocycles. The summed E-state index contributed by atoms with van der Waals surface area (Å²) < 4.78 is 28.8. The highest BCUT2D eigenvalue weighted by Crippen LogP contribution is 2.32. The Labute approximate surface area is 211 Å². The third kappa shape index (κ3) is 6.74. The van der Waals surface area contributed by atoms with E-state index < -0.39 is 10.0 Å². The van der Waals surface area contributed by atoms with Crippen LogP contribution in [0.3, 0.4) is 0 Å². The monoisotopic (exact) mass is 501 g/mol. The van der Waals surface area contributed by atoms with Crippen LogP contribution in [0.15, 0.2) is 41.3 Å². The molecule has 0 aromatic heterocycles. The Kier molecular flexibility index (Phi) is 9.41. The average molecular weight is 502 g/mol. The second-order valence-corrected chi connectivity index (χ2v) is 12.2. The van der Waals surface area contributed by atoms with E-state index in [1.165, 1.54) is 32.2 Å². The van der Waals surface area contributed by atoms with Crippen LogP contribution in [0.25, 0.3) is 10.8 Å². The molecule has 2 fully saturated rings. The summed E-state index contributed by atoms with van der Waals surface area (Å²) in [6.07, 6.45) is 6.80. The Morgan fingerprint density at radius 2 is 1.63 bits per heavy atom. The molecule has 0 saturated carbocycles. The fraction of sp³-hybridized carbons (Fsp3) is 0.630. The zero-order valence-electron chi connectivity index (χ0n) is 21.4. The summed E-state index contributed by atoms with van der Waals surface area (Å²) in [6.45, 7) is 6.54. The minimum absolute atomic E-state index is 0.424. The molecule has 0 unspecified atom stereocenters. The van der Waals surface area contributed by atoms with Crippen LogP contribution in [-0.2, 0) is 10.0 Å². The molecule has 2 aliphatic rings. The molecule has 0 radical (unpaired) electrons. The van der Waals surface area contributed by atoms with E-state index in [9.17, 15) is 8.42 Å². The number of nitrogens with one attached hydrogen (secondary N) is 3. The van der Waals surface area contributed by atoms with Crippen molar-refractivity contribution < 1.29 is 8.42 Å². The highest BCUT2D eigenvalue weighted by molar-refractivity contribution is 7.89. The van der Waals surface area contributed by atoms with E-state index in [-0.39, 0.29) is 0 Å². The summed E-state index contributed by atoms with van der Waals surface area (Å²) in [5.74, 6) is 0.542. The second-order valence-electron chi connectivity index (χ2n) is 10.3. The number of unbranched alkanes of at least 4 members (excludes halogenated alkanes) is 1. The first-order valence-corrected chi connectivity index (χ1v) is 14.7. The van der Waals surface area contributed by atoms with Gasteiger partial charge in [0, 0.05) is 56.2 Å². The fourth-order valence-corrected chi connectivity index (χ4v) is 7.06. The molecule has 194 valence electrons. The molecule has 2 aliphatic heterocycles. The van der Waals surface area contributed by atoms with Gasteiger partial charge in [0.2, 0.25) is 10.0 Å². The molecule has 7 nitrogen and oxygen atoms in total. The van der Waals surface area contributed by atoms with Gasteiger partial charge in [0.25, 0.3) is 0 Å². The van der Waals surface area contributed by atoms with Crippen LogP contribution in [0.2, 0.25) is 0 Å². The van der Waals surface area contributed by atoms with Crippen LogP contribution >= 0.6 is 0 Å². The molecule has 0 bridgehead atoms. The van der Waals surface area contributed by atoms with Gasteiger partial charge in [-0.2, -0.15) is 4.31 Å². The number of fused-ring (bicyclic) bond motifs is 1. The zero-order chi connectivity index (χ0) is 24.7. The fourth-order valence-electron chi connectivity index (χ4n) is 5.39. The number of benzene rings is 2. The molecule has 2 aromatic carbocycles. The lowest BCUT2D eigenvalue weighted by atomic mass is 9.98. The van der Waals surface area contributed by atoms with Crippen LogP contribution in [0.4, 0.5) is 5.69 Å². The molecule has 0 spiro atoms. The van der Waals surface area contributed by atoms with Crippen molar-refractivity contribution in [1.82, 2.24) is 20.3 Å². The number of rotatable bonds is 12. The summed E-state index contributed by atoms with van der Waals surface area (Å²) in [7, 11) is 0.458. The standard InChI is InChI=1S/C27H43N5O2S/c1-31(2)26-11-5-10-25-24(26)9-6-12-27(25)35(33,34)32-18-13-22(14-19-32)20-28-15-3-4-16-29-21-23-8-7-17-30-23/h5-6,9-12,22-23,28-30H,3-4,7-8,13-21H2,1-2H3/t23-/m0/s1. The topological polar surface area (TPSA) is 76.7 Å². The minimum Gasteiger partial charge on any atom is -0.377 e. The van der Waals surface area contributed by atoms with Crippen molar-refractivity contribution in [2.75, 3.05) is 64.8 Å². The SMILES string of the molecule is CN(C)c1cccc2c(S(=O)(=O)N3CCC(CNCCCCNC[C@@H]4CCCN4)CC3)cccc12. The van der Waals surface area contributed by atoms with E-state index in [1.54, 1.807) is 10.4 Å². The van der Waals surface area contributed by atoms with Gasteiger partial charge in [0.1, 0.15) is 0 Å². The predicted molar refractivity (Wildman–Crippen MR) is 146 cm³/mol. The van der Waals surface area contributed by atoms with Gasteiger partial charge in [-0.1, -0.05) is 24.3 Å². The smallest absolute Gasteiger partial charge is 0.243 e. The molecule has 0 aliphatic carbocycles. The molecule has 35 heavy (non-hydrogen) atoms. The zero-order valence-corrected chi connectivity index (χ0v) is 22.2. The van der Waals surface area contributed by atoms with Crippen molar-refractivity contribution in [1.29, 1.82) is 0 Å². The van der Waals surface area contributed by atoms with Crippen LogP contribution < -0.4 is 20.9 Å². The average Bonchev–Trinajstić information content (AvgIpc) is 3.38. The Bertz CT molecular complexity index is 1040. The van der Waals surface area contributed by atoms with E-state index in [1.807, 2.05) is 49.3 Å². The van der Waals surface area contributed by atoms with E-state index in [2.05, 4.69) is 16.0 Å². The van der Waals surface area contributed by atoms with Gasteiger partial charge in [-0.3, -0.25) is 0 Å². The Hall–Kier alpha value is -1.71. The maximum absolute atomic E-state index is 13.5. The Balaban J connectivity index is 1.20. The van der Waals surface area contributed by atoms with Crippen LogP contribution in [0.5, 0.6) is 0 Å². The Morgan fingerprint density at radius 1 is 0.943 bits per heavy atom. The first-order chi connectivity index (χ1) is 17.0. The molecule has 0 amide bonds. The first-order valence-electron chi connectivity index (χ1n) is 13.3. The largest absolute Gasteiger partial charge is 0.377 e. The van der Waals surface area contributed by atoms with Gasteiger partial charge in [-0.05, 0) is 82.8 Å². The van der Waals surface area contributed by atoms with Crippen LogP contribution in [0, 0.1) is 5.92 Å². The number of piperidine rings is 1. The van der Waals surface area contributed by atoms with Gasteiger partial charge in [0.05, 0.1) is 4.90 Å². The van der Waals surface area contributed by atoms with Gasteiger partial charge < -0.3 is 20.9 Å². The highest BCUT2D eigenvalue weighted by Gasteiger charge is 2.30. The normalized spacial score (nSPS) is 20.0. The summed E-state index contributed by atoms with van der Waals surface area (Å²) in [6, 6.07) is 12.2.